The Kier molecular flexibility index (Phi) is 8.97. The number of esters is 1. The number of nitrogens with two attached hydrogens (primary N) is 1. The first-order valence-corrected chi connectivity index (χ1v) is 7.67. The SMILES string of the molecule is COC(=O)[C@H](NC(=O)[C@H](CC(=O)O)NC(=O)[C@H](N)C(C)C)C(C)C. The number of ether oxygens (including phenoxy) is 1. The smallest absolute Gasteiger partial charge is 0.328 e. The van der Waals surface area contributed by atoms with Gasteiger partial charge in [-0.3, -0.25) is 14.4 Å². The van der Waals surface area contributed by atoms with Crippen molar-refractivity contribution in [3.63, 3.8) is 0 Å². The predicted octanol–water partition coefficient (Wildman–Crippen LogP) is -0.757. The fraction of sp³-hybridized carbons (Fsp3) is 0.733. The van der Waals surface area contributed by atoms with Gasteiger partial charge in [0.2, 0.25) is 11.8 Å². The summed E-state index contributed by atoms with van der Waals surface area (Å²) in [6.45, 7) is 6.84. The molecule has 0 unspecified atom stereocenters. The van der Waals surface area contributed by atoms with E-state index in [1.54, 1.807) is 27.7 Å². The van der Waals surface area contributed by atoms with E-state index in [4.69, 9.17) is 10.8 Å². The zero-order chi connectivity index (χ0) is 19.0. The molecule has 0 fully saturated rings. The van der Waals surface area contributed by atoms with Gasteiger partial charge >= 0.3 is 11.9 Å². The minimum Gasteiger partial charge on any atom is -0.481 e. The van der Waals surface area contributed by atoms with Gasteiger partial charge in [-0.2, -0.15) is 0 Å². The number of carbonyl (C=O) groups excluding carboxylic acids is 3. The maximum Gasteiger partial charge on any atom is 0.328 e. The summed E-state index contributed by atoms with van der Waals surface area (Å²) in [4.78, 5) is 46.9. The average molecular weight is 345 g/mol. The van der Waals surface area contributed by atoms with Crippen molar-refractivity contribution in [3.8, 4) is 0 Å². The fourth-order valence-corrected chi connectivity index (χ4v) is 1.83. The van der Waals surface area contributed by atoms with Gasteiger partial charge in [-0.1, -0.05) is 27.7 Å². The lowest BCUT2D eigenvalue weighted by molar-refractivity contribution is -0.147. The van der Waals surface area contributed by atoms with Gasteiger partial charge in [0.25, 0.3) is 0 Å². The zero-order valence-corrected chi connectivity index (χ0v) is 14.7. The van der Waals surface area contributed by atoms with Gasteiger partial charge in [-0.05, 0) is 11.8 Å². The molecule has 0 spiro atoms. The standard InChI is InChI=1S/C15H27N3O6/c1-7(2)11(16)14(22)17-9(6-10(19)20)13(21)18-12(8(3)4)15(23)24-5/h7-9,11-12H,6,16H2,1-5H3,(H,17,22)(H,18,21)(H,19,20)/t9-,11+,12+/m0/s1. The van der Waals surface area contributed by atoms with Crippen LogP contribution in [0.2, 0.25) is 0 Å². The molecule has 9 heteroatoms. The number of nitrogens with one attached hydrogen (secondary N) is 2. The summed E-state index contributed by atoms with van der Waals surface area (Å²) in [5.41, 5.74) is 5.69. The molecular formula is C15H27N3O6. The first-order valence-electron chi connectivity index (χ1n) is 7.67. The van der Waals surface area contributed by atoms with E-state index in [9.17, 15) is 19.2 Å². The molecule has 0 aliphatic rings. The van der Waals surface area contributed by atoms with Crippen LogP contribution in [0.3, 0.4) is 0 Å². The molecule has 0 heterocycles. The van der Waals surface area contributed by atoms with Crippen molar-refractivity contribution in [2.45, 2.75) is 52.2 Å². The second-order valence-electron chi connectivity index (χ2n) is 6.18. The van der Waals surface area contributed by atoms with Crippen LogP contribution in [0.1, 0.15) is 34.1 Å². The molecule has 0 aliphatic heterocycles. The van der Waals surface area contributed by atoms with E-state index in [-0.39, 0.29) is 11.8 Å². The van der Waals surface area contributed by atoms with Crippen molar-refractivity contribution in [1.29, 1.82) is 0 Å². The van der Waals surface area contributed by atoms with Gasteiger partial charge in [-0.25, -0.2) is 4.79 Å². The number of hydrogen-bond donors (Lipinski definition) is 4. The van der Waals surface area contributed by atoms with E-state index < -0.39 is 48.3 Å². The monoisotopic (exact) mass is 345 g/mol. The molecule has 5 N–H and O–H groups in total. The molecule has 0 saturated carbocycles. The number of amides is 2. The van der Waals surface area contributed by atoms with E-state index in [1.165, 1.54) is 7.11 Å². The van der Waals surface area contributed by atoms with Crippen LogP contribution < -0.4 is 16.4 Å². The summed E-state index contributed by atoms with van der Waals surface area (Å²) in [6.07, 6.45) is -0.631. The van der Waals surface area contributed by atoms with Crippen LogP contribution in [-0.2, 0) is 23.9 Å². The van der Waals surface area contributed by atoms with Crippen LogP contribution in [0.25, 0.3) is 0 Å². The molecule has 0 saturated heterocycles. The largest absolute Gasteiger partial charge is 0.481 e. The molecule has 24 heavy (non-hydrogen) atoms. The Labute approximate surface area is 141 Å². The second-order valence-corrected chi connectivity index (χ2v) is 6.18. The Morgan fingerprint density at radius 2 is 1.54 bits per heavy atom. The summed E-state index contributed by atoms with van der Waals surface area (Å²) in [5.74, 6) is -3.81. The van der Waals surface area contributed by atoms with Gasteiger partial charge in [0.1, 0.15) is 12.1 Å². The molecule has 0 aromatic heterocycles. The Balaban J connectivity index is 5.15. The fourth-order valence-electron chi connectivity index (χ4n) is 1.83. The highest BCUT2D eigenvalue weighted by Crippen LogP contribution is 2.06. The van der Waals surface area contributed by atoms with Gasteiger partial charge in [0, 0.05) is 0 Å². The van der Waals surface area contributed by atoms with E-state index in [1.807, 2.05) is 0 Å². The van der Waals surface area contributed by atoms with Crippen molar-refractivity contribution in [2.24, 2.45) is 17.6 Å². The summed E-state index contributed by atoms with van der Waals surface area (Å²) in [5, 5.41) is 13.7. The number of aliphatic carboxylic acids is 1. The number of carbonyl (C=O) groups is 4. The summed E-state index contributed by atoms with van der Waals surface area (Å²) >= 11 is 0. The lowest BCUT2D eigenvalue weighted by atomic mass is 10.0. The molecule has 0 rings (SSSR count). The lowest BCUT2D eigenvalue weighted by Gasteiger charge is -2.25. The number of hydrogen-bond acceptors (Lipinski definition) is 6. The summed E-state index contributed by atoms with van der Waals surface area (Å²) < 4.78 is 4.61. The third-order valence-electron chi connectivity index (χ3n) is 3.45. The Bertz CT molecular complexity index is 478. The molecule has 3 atom stereocenters. The molecule has 0 aliphatic carbocycles. The summed E-state index contributed by atoms with van der Waals surface area (Å²) in [6, 6.07) is -3.17. The van der Waals surface area contributed by atoms with E-state index in [2.05, 4.69) is 15.4 Å². The first-order chi connectivity index (χ1) is 11.0. The number of methoxy groups -OCH3 is 1. The molecule has 9 nitrogen and oxygen atoms in total. The minimum absolute atomic E-state index is 0.183. The maximum absolute atomic E-state index is 12.3. The van der Waals surface area contributed by atoms with Gasteiger partial charge in [-0.15, -0.1) is 0 Å². The van der Waals surface area contributed by atoms with Crippen molar-refractivity contribution in [3.05, 3.63) is 0 Å². The van der Waals surface area contributed by atoms with Crippen LogP contribution in [-0.4, -0.2) is 54.1 Å². The lowest BCUT2D eigenvalue weighted by Crippen LogP contribution is -2.56. The van der Waals surface area contributed by atoms with Crippen LogP contribution in [0.5, 0.6) is 0 Å². The summed E-state index contributed by atoms with van der Waals surface area (Å²) in [7, 11) is 1.18. The molecule has 2 amide bonds. The number of rotatable bonds is 9. The topological polar surface area (TPSA) is 148 Å². The Morgan fingerprint density at radius 3 is 1.92 bits per heavy atom. The highest BCUT2D eigenvalue weighted by atomic mass is 16.5. The van der Waals surface area contributed by atoms with Crippen molar-refractivity contribution in [1.82, 2.24) is 10.6 Å². The predicted molar refractivity (Wildman–Crippen MR) is 85.8 cm³/mol. The normalized spacial score (nSPS) is 14.7. The van der Waals surface area contributed by atoms with Gasteiger partial charge in [0.05, 0.1) is 19.6 Å². The number of carboxylic acids is 1. The van der Waals surface area contributed by atoms with Crippen LogP contribution in [0.15, 0.2) is 0 Å². The highest BCUT2D eigenvalue weighted by Gasteiger charge is 2.31. The first kappa shape index (κ1) is 21.8. The Hall–Kier alpha value is -2.16. The molecule has 138 valence electrons. The third-order valence-corrected chi connectivity index (χ3v) is 3.45. The molecule has 0 aromatic carbocycles. The van der Waals surface area contributed by atoms with E-state index in [0.717, 1.165) is 0 Å². The van der Waals surface area contributed by atoms with Crippen molar-refractivity contribution < 1.29 is 29.0 Å². The van der Waals surface area contributed by atoms with Crippen molar-refractivity contribution >= 4 is 23.8 Å². The quantitative estimate of drug-likeness (QED) is 0.402. The highest BCUT2D eigenvalue weighted by molar-refractivity contribution is 5.94. The minimum atomic E-state index is -1.34. The number of carboxylic acid groups (broad SMARTS) is 1. The van der Waals surface area contributed by atoms with E-state index in [0.29, 0.717) is 0 Å². The van der Waals surface area contributed by atoms with E-state index >= 15 is 0 Å². The van der Waals surface area contributed by atoms with Crippen LogP contribution >= 0.6 is 0 Å². The maximum atomic E-state index is 12.3. The van der Waals surface area contributed by atoms with Gasteiger partial charge in [0.15, 0.2) is 0 Å². The molecule has 0 aromatic rings. The van der Waals surface area contributed by atoms with Crippen LogP contribution in [0, 0.1) is 11.8 Å². The average Bonchev–Trinajstić information content (AvgIpc) is 2.48. The molecule has 0 bridgehead atoms. The molecular weight excluding hydrogens is 318 g/mol. The Morgan fingerprint density at radius 1 is 1.00 bits per heavy atom. The molecule has 0 radical (unpaired) electrons. The zero-order valence-electron chi connectivity index (χ0n) is 14.7. The second kappa shape index (κ2) is 9.86. The van der Waals surface area contributed by atoms with Gasteiger partial charge < -0.3 is 26.2 Å². The van der Waals surface area contributed by atoms with Crippen LogP contribution in [0.4, 0.5) is 0 Å². The third kappa shape index (κ3) is 6.95. The van der Waals surface area contributed by atoms with Crippen molar-refractivity contribution in [2.75, 3.05) is 7.11 Å².